The summed E-state index contributed by atoms with van der Waals surface area (Å²) in [5.74, 6) is -0.904. The van der Waals surface area contributed by atoms with E-state index in [1.165, 1.54) is 89.9 Å². The van der Waals surface area contributed by atoms with E-state index in [-0.39, 0.29) is 31.1 Å². The number of hydrogen-bond acceptors (Lipinski definition) is 6. The molecule has 0 aromatic carbocycles. The SMILES string of the molecule is CC/C=C\C/C=C\C/C=C\CCCCCCCC(=O)OC(COC(=O)CCCCCCC)COC(=O)CCCCCCCCCCCCCCCCCC. The second kappa shape index (κ2) is 43.4. The van der Waals surface area contributed by atoms with E-state index in [0.29, 0.717) is 19.3 Å². The van der Waals surface area contributed by atoms with Gasteiger partial charge in [-0.2, -0.15) is 0 Å². The molecule has 0 aromatic heterocycles. The van der Waals surface area contributed by atoms with Crippen molar-refractivity contribution in [3.8, 4) is 0 Å². The molecule has 0 amide bonds. The summed E-state index contributed by atoms with van der Waals surface area (Å²) in [7, 11) is 0. The molecule has 6 nitrogen and oxygen atoms in total. The van der Waals surface area contributed by atoms with Crippen molar-refractivity contribution < 1.29 is 28.6 Å². The van der Waals surface area contributed by atoms with Crippen molar-refractivity contribution >= 4 is 17.9 Å². The molecule has 0 rings (SSSR count). The van der Waals surface area contributed by atoms with Crippen LogP contribution in [-0.4, -0.2) is 37.2 Å². The van der Waals surface area contributed by atoms with Gasteiger partial charge in [0.05, 0.1) is 0 Å². The number of allylic oxidation sites excluding steroid dienone is 6. The highest BCUT2D eigenvalue weighted by atomic mass is 16.6. The van der Waals surface area contributed by atoms with Crippen LogP contribution in [-0.2, 0) is 28.6 Å². The second-order valence-corrected chi connectivity index (χ2v) is 15.3. The third kappa shape index (κ3) is 40.8. The summed E-state index contributed by atoms with van der Waals surface area (Å²) in [4.78, 5) is 37.5. The highest BCUT2D eigenvalue weighted by Gasteiger charge is 2.19. The highest BCUT2D eigenvalue weighted by molar-refractivity contribution is 5.71. The predicted molar refractivity (Wildman–Crippen MR) is 229 cm³/mol. The number of esters is 3. The first kappa shape index (κ1) is 51.6. The first-order valence-electron chi connectivity index (χ1n) is 23.0. The number of ether oxygens (including phenoxy) is 3. The van der Waals surface area contributed by atoms with Gasteiger partial charge in [-0.25, -0.2) is 0 Å². The van der Waals surface area contributed by atoms with Crippen molar-refractivity contribution in [1.29, 1.82) is 0 Å². The number of carbonyl (C=O) groups is 3. The Hall–Kier alpha value is -2.37. The van der Waals surface area contributed by atoms with Crippen LogP contribution >= 0.6 is 0 Å². The average molecular weight is 759 g/mol. The van der Waals surface area contributed by atoms with Crippen LogP contribution in [0.1, 0.15) is 233 Å². The Bertz CT molecular complexity index is 922. The maximum atomic E-state index is 12.7. The molecule has 0 saturated heterocycles. The Balaban J connectivity index is 4.22. The summed E-state index contributed by atoms with van der Waals surface area (Å²) >= 11 is 0. The predicted octanol–water partition coefficient (Wildman–Crippen LogP) is 14.6. The van der Waals surface area contributed by atoms with Gasteiger partial charge >= 0.3 is 17.9 Å². The van der Waals surface area contributed by atoms with E-state index < -0.39 is 6.10 Å². The van der Waals surface area contributed by atoms with Crippen molar-refractivity contribution in [3.05, 3.63) is 36.5 Å². The molecule has 0 N–H and O–H groups in total. The quantitative estimate of drug-likeness (QED) is 0.0267. The van der Waals surface area contributed by atoms with Crippen LogP contribution in [0.15, 0.2) is 36.5 Å². The molecule has 0 spiro atoms. The van der Waals surface area contributed by atoms with Crippen LogP contribution < -0.4 is 0 Å². The third-order valence-corrected chi connectivity index (χ3v) is 9.91. The standard InChI is InChI=1S/C48H86O6/c1-4-7-10-13-15-17-19-21-23-25-26-28-30-32-35-38-41-47(50)53-44-45(43-52-46(49)40-37-34-12-9-6-3)54-48(51)42-39-36-33-31-29-27-24-22-20-18-16-14-11-8-5-2/h8,11,16,18,22,24,45H,4-7,9-10,12-15,17,19-21,23,25-44H2,1-3H3/b11-8-,18-16-,24-22-. The van der Waals surface area contributed by atoms with Gasteiger partial charge < -0.3 is 14.2 Å². The Labute approximate surface area is 334 Å². The molecule has 0 radical (unpaired) electrons. The zero-order valence-corrected chi connectivity index (χ0v) is 35.7. The van der Waals surface area contributed by atoms with Crippen molar-refractivity contribution in [1.82, 2.24) is 0 Å². The van der Waals surface area contributed by atoms with Crippen molar-refractivity contribution in [2.75, 3.05) is 13.2 Å². The fourth-order valence-corrected chi connectivity index (χ4v) is 6.46. The largest absolute Gasteiger partial charge is 0.462 e. The van der Waals surface area contributed by atoms with Gasteiger partial charge in [0, 0.05) is 19.3 Å². The lowest BCUT2D eigenvalue weighted by Gasteiger charge is -2.18. The molecule has 6 heteroatoms. The Kier molecular flexibility index (Phi) is 41.5. The summed E-state index contributed by atoms with van der Waals surface area (Å²) in [5, 5.41) is 0. The lowest BCUT2D eigenvalue weighted by atomic mass is 10.0. The molecule has 0 saturated carbocycles. The number of rotatable bonds is 41. The van der Waals surface area contributed by atoms with E-state index in [0.717, 1.165) is 103 Å². The second-order valence-electron chi connectivity index (χ2n) is 15.3. The van der Waals surface area contributed by atoms with Gasteiger partial charge in [-0.05, 0) is 51.4 Å². The Morgan fingerprint density at radius 3 is 1.13 bits per heavy atom. The van der Waals surface area contributed by atoms with E-state index in [1.54, 1.807) is 0 Å². The fourth-order valence-electron chi connectivity index (χ4n) is 6.46. The van der Waals surface area contributed by atoms with Crippen LogP contribution in [0, 0.1) is 0 Å². The van der Waals surface area contributed by atoms with Gasteiger partial charge in [-0.1, -0.05) is 198 Å². The smallest absolute Gasteiger partial charge is 0.306 e. The molecule has 1 atom stereocenters. The molecule has 54 heavy (non-hydrogen) atoms. The highest BCUT2D eigenvalue weighted by Crippen LogP contribution is 2.15. The van der Waals surface area contributed by atoms with Crippen LogP contribution in [0.4, 0.5) is 0 Å². The normalized spacial score (nSPS) is 12.3. The van der Waals surface area contributed by atoms with E-state index in [2.05, 4.69) is 57.2 Å². The summed E-state index contributed by atoms with van der Waals surface area (Å²) in [5.41, 5.74) is 0. The van der Waals surface area contributed by atoms with E-state index >= 15 is 0 Å². The summed E-state index contributed by atoms with van der Waals surface area (Å²) in [6.07, 6.45) is 48.7. The van der Waals surface area contributed by atoms with Crippen LogP contribution in [0.2, 0.25) is 0 Å². The number of hydrogen-bond donors (Lipinski definition) is 0. The first-order chi connectivity index (χ1) is 26.5. The van der Waals surface area contributed by atoms with Gasteiger partial charge in [0.15, 0.2) is 6.10 Å². The summed E-state index contributed by atoms with van der Waals surface area (Å²) < 4.78 is 16.6. The van der Waals surface area contributed by atoms with Crippen molar-refractivity contribution in [3.63, 3.8) is 0 Å². The molecule has 0 aliphatic carbocycles. The van der Waals surface area contributed by atoms with E-state index in [1.807, 2.05) is 0 Å². The fraction of sp³-hybridized carbons (Fsp3) is 0.812. The van der Waals surface area contributed by atoms with Gasteiger partial charge in [0.2, 0.25) is 0 Å². The van der Waals surface area contributed by atoms with E-state index in [9.17, 15) is 14.4 Å². The monoisotopic (exact) mass is 759 g/mol. The molecule has 314 valence electrons. The van der Waals surface area contributed by atoms with Gasteiger partial charge in [0.25, 0.3) is 0 Å². The van der Waals surface area contributed by atoms with Crippen molar-refractivity contribution in [2.24, 2.45) is 0 Å². The minimum Gasteiger partial charge on any atom is -0.462 e. The molecule has 0 heterocycles. The molecular weight excluding hydrogens is 673 g/mol. The molecule has 0 aliphatic rings. The Morgan fingerprint density at radius 2 is 0.722 bits per heavy atom. The number of carbonyl (C=O) groups excluding carboxylic acids is 3. The van der Waals surface area contributed by atoms with Gasteiger partial charge in [-0.15, -0.1) is 0 Å². The third-order valence-electron chi connectivity index (χ3n) is 9.91. The maximum absolute atomic E-state index is 12.7. The van der Waals surface area contributed by atoms with Crippen LogP contribution in [0.5, 0.6) is 0 Å². The lowest BCUT2D eigenvalue weighted by molar-refractivity contribution is -0.167. The molecule has 0 fully saturated rings. The maximum Gasteiger partial charge on any atom is 0.306 e. The van der Waals surface area contributed by atoms with Gasteiger partial charge in [-0.3, -0.25) is 14.4 Å². The molecule has 0 bridgehead atoms. The lowest BCUT2D eigenvalue weighted by Crippen LogP contribution is -2.30. The molecule has 1 unspecified atom stereocenters. The zero-order valence-electron chi connectivity index (χ0n) is 35.7. The topological polar surface area (TPSA) is 78.9 Å². The summed E-state index contributed by atoms with van der Waals surface area (Å²) in [6, 6.07) is 0. The number of unbranched alkanes of at least 4 members (excludes halogenated alkanes) is 24. The van der Waals surface area contributed by atoms with Crippen LogP contribution in [0.3, 0.4) is 0 Å². The molecular formula is C48H86O6. The molecule has 0 aromatic rings. The van der Waals surface area contributed by atoms with Gasteiger partial charge in [0.1, 0.15) is 13.2 Å². The Morgan fingerprint density at radius 1 is 0.389 bits per heavy atom. The molecule has 0 aliphatic heterocycles. The minimum absolute atomic E-state index is 0.0770. The van der Waals surface area contributed by atoms with E-state index in [4.69, 9.17) is 14.2 Å². The first-order valence-corrected chi connectivity index (χ1v) is 23.0. The summed E-state index contributed by atoms with van der Waals surface area (Å²) in [6.45, 7) is 6.43. The average Bonchev–Trinajstić information content (AvgIpc) is 3.17. The zero-order chi connectivity index (χ0) is 39.4. The van der Waals surface area contributed by atoms with Crippen LogP contribution in [0.25, 0.3) is 0 Å². The van der Waals surface area contributed by atoms with Crippen molar-refractivity contribution in [2.45, 2.75) is 239 Å². The minimum atomic E-state index is -0.772.